The lowest BCUT2D eigenvalue weighted by molar-refractivity contribution is -0.139. The number of fused-ring (bicyclic) bond motifs is 1. The number of carbonyl (C=O) groups excluding carboxylic acids is 1. The molecule has 4 rings (SSSR count). The van der Waals surface area contributed by atoms with Crippen molar-refractivity contribution in [1.29, 1.82) is 0 Å². The first-order chi connectivity index (χ1) is 13.6. The number of likely N-dealkylation sites (tertiary alicyclic amines) is 1. The summed E-state index contributed by atoms with van der Waals surface area (Å²) < 4.78 is 12.9. The lowest BCUT2D eigenvalue weighted by atomic mass is 9.97. The van der Waals surface area contributed by atoms with E-state index in [9.17, 15) is 9.59 Å². The maximum atomic E-state index is 12.7. The highest BCUT2D eigenvalue weighted by atomic mass is 16.7. The number of piperidine rings is 1. The highest BCUT2D eigenvalue weighted by Crippen LogP contribution is 2.25. The second-order valence-corrected chi connectivity index (χ2v) is 7.59. The molecule has 1 amide bonds. The third kappa shape index (κ3) is 3.95. The van der Waals surface area contributed by atoms with E-state index in [-0.39, 0.29) is 23.7 Å². The van der Waals surface area contributed by atoms with E-state index in [0.717, 1.165) is 19.4 Å². The first kappa shape index (κ1) is 19.1. The first-order valence-electron chi connectivity index (χ1n) is 10.1. The lowest BCUT2D eigenvalue weighted by Gasteiger charge is -2.34. The molecule has 0 saturated carbocycles. The molecule has 7 nitrogen and oxygen atoms in total. The molecule has 0 N–H and O–H groups in total. The Hall–Kier alpha value is -2.25. The summed E-state index contributed by atoms with van der Waals surface area (Å²) in [6.45, 7) is 5.11. The Bertz CT molecular complexity index is 904. The molecule has 1 unspecified atom stereocenters. The van der Waals surface area contributed by atoms with Gasteiger partial charge < -0.3 is 14.4 Å². The van der Waals surface area contributed by atoms with Crippen molar-refractivity contribution in [2.45, 2.75) is 45.4 Å². The molecular formula is C21H27N3O4. The zero-order valence-electron chi connectivity index (χ0n) is 16.3. The fourth-order valence-electron chi connectivity index (χ4n) is 4.20. The van der Waals surface area contributed by atoms with Gasteiger partial charge in [-0.1, -0.05) is 12.1 Å². The van der Waals surface area contributed by atoms with Gasteiger partial charge in [-0.25, -0.2) is 4.98 Å². The Labute approximate surface area is 164 Å². The topological polar surface area (TPSA) is 73.7 Å². The van der Waals surface area contributed by atoms with Crippen LogP contribution in [0.4, 0.5) is 0 Å². The molecule has 0 spiro atoms. The number of hydrogen-bond donors (Lipinski definition) is 0. The van der Waals surface area contributed by atoms with Crippen LogP contribution in [0.2, 0.25) is 0 Å². The molecule has 0 bridgehead atoms. The maximum absolute atomic E-state index is 12.7. The van der Waals surface area contributed by atoms with Crippen molar-refractivity contribution in [2.75, 3.05) is 26.3 Å². The average Bonchev–Trinajstić information content (AvgIpc) is 3.25. The van der Waals surface area contributed by atoms with Crippen LogP contribution in [0.25, 0.3) is 10.9 Å². The molecule has 28 heavy (non-hydrogen) atoms. The number of rotatable bonds is 5. The first-order valence-corrected chi connectivity index (χ1v) is 10.1. The van der Waals surface area contributed by atoms with Crippen LogP contribution in [0.15, 0.2) is 29.1 Å². The van der Waals surface area contributed by atoms with E-state index in [2.05, 4.69) is 4.98 Å². The van der Waals surface area contributed by atoms with Gasteiger partial charge in [0.05, 0.1) is 24.1 Å². The van der Waals surface area contributed by atoms with Gasteiger partial charge in [0.15, 0.2) is 6.29 Å². The number of aryl methyl sites for hydroxylation is 1. The van der Waals surface area contributed by atoms with E-state index in [1.165, 1.54) is 0 Å². The van der Waals surface area contributed by atoms with Crippen LogP contribution in [0.5, 0.6) is 0 Å². The maximum Gasteiger partial charge on any atom is 0.261 e. The van der Waals surface area contributed by atoms with E-state index >= 15 is 0 Å². The summed E-state index contributed by atoms with van der Waals surface area (Å²) >= 11 is 0. The minimum Gasteiger partial charge on any atom is -0.350 e. The molecule has 2 fully saturated rings. The number of amides is 1. The van der Waals surface area contributed by atoms with Crippen molar-refractivity contribution in [3.63, 3.8) is 0 Å². The van der Waals surface area contributed by atoms with E-state index < -0.39 is 0 Å². The normalized spacial score (nSPS) is 20.8. The van der Waals surface area contributed by atoms with E-state index in [1.807, 2.05) is 30.0 Å². The Balaban J connectivity index is 1.35. The molecular weight excluding hydrogens is 358 g/mol. The number of carbonyl (C=O) groups is 1. The Morgan fingerprint density at radius 1 is 1.25 bits per heavy atom. The number of aromatic nitrogens is 2. The molecule has 1 aromatic heterocycles. The third-order valence-electron chi connectivity index (χ3n) is 5.67. The Morgan fingerprint density at radius 3 is 2.86 bits per heavy atom. The van der Waals surface area contributed by atoms with Crippen LogP contribution >= 0.6 is 0 Å². The second-order valence-electron chi connectivity index (χ2n) is 7.59. The summed E-state index contributed by atoms with van der Waals surface area (Å²) in [4.78, 5) is 31.8. The SMILES string of the molecule is Cc1nc2ccccc2c(=O)n1CCCC(=O)N1CCCC(C2OCCO2)C1. The molecule has 1 aromatic carbocycles. The van der Waals surface area contributed by atoms with Crippen LogP contribution < -0.4 is 5.56 Å². The van der Waals surface area contributed by atoms with E-state index in [0.29, 0.717) is 55.9 Å². The van der Waals surface area contributed by atoms with Crippen LogP contribution in [-0.4, -0.2) is 53.0 Å². The van der Waals surface area contributed by atoms with Crippen molar-refractivity contribution < 1.29 is 14.3 Å². The zero-order valence-corrected chi connectivity index (χ0v) is 16.3. The lowest BCUT2D eigenvalue weighted by Crippen LogP contribution is -2.43. The van der Waals surface area contributed by atoms with Crippen LogP contribution in [-0.2, 0) is 20.8 Å². The number of para-hydroxylation sites is 1. The van der Waals surface area contributed by atoms with Gasteiger partial charge >= 0.3 is 0 Å². The number of hydrogen-bond acceptors (Lipinski definition) is 5. The quantitative estimate of drug-likeness (QED) is 0.788. The summed E-state index contributed by atoms with van der Waals surface area (Å²) in [5, 5.41) is 0.620. The van der Waals surface area contributed by atoms with Gasteiger partial charge in [0.25, 0.3) is 5.56 Å². The van der Waals surface area contributed by atoms with E-state index in [4.69, 9.17) is 9.47 Å². The smallest absolute Gasteiger partial charge is 0.261 e. The molecule has 2 saturated heterocycles. The Kier molecular flexibility index (Phi) is 5.73. The summed E-state index contributed by atoms with van der Waals surface area (Å²) in [5.41, 5.74) is 0.678. The van der Waals surface area contributed by atoms with Crippen molar-refractivity contribution in [3.05, 3.63) is 40.4 Å². The van der Waals surface area contributed by atoms with Crippen molar-refractivity contribution in [3.8, 4) is 0 Å². The molecule has 150 valence electrons. The number of nitrogens with zero attached hydrogens (tertiary/aromatic N) is 3. The predicted molar refractivity (Wildman–Crippen MR) is 105 cm³/mol. The van der Waals surface area contributed by atoms with Crippen LogP contribution in [0.3, 0.4) is 0 Å². The van der Waals surface area contributed by atoms with Crippen LogP contribution in [0, 0.1) is 12.8 Å². The van der Waals surface area contributed by atoms with Gasteiger partial charge in [0.2, 0.25) is 5.91 Å². The van der Waals surface area contributed by atoms with Crippen LogP contribution in [0.1, 0.15) is 31.5 Å². The van der Waals surface area contributed by atoms with Gasteiger partial charge in [-0.05, 0) is 38.3 Å². The molecule has 1 atom stereocenters. The Morgan fingerprint density at radius 2 is 2.04 bits per heavy atom. The largest absolute Gasteiger partial charge is 0.350 e. The van der Waals surface area contributed by atoms with Crippen molar-refractivity contribution in [1.82, 2.24) is 14.5 Å². The monoisotopic (exact) mass is 385 g/mol. The molecule has 0 aliphatic carbocycles. The van der Waals surface area contributed by atoms with E-state index in [1.54, 1.807) is 10.6 Å². The van der Waals surface area contributed by atoms with Crippen molar-refractivity contribution in [2.24, 2.45) is 5.92 Å². The number of benzene rings is 1. The molecule has 7 heteroatoms. The third-order valence-corrected chi connectivity index (χ3v) is 5.67. The highest BCUT2D eigenvalue weighted by Gasteiger charge is 2.32. The standard InChI is InChI=1S/C21H27N3O4/c1-15-22-18-8-3-2-7-17(18)20(26)24(15)11-5-9-19(25)23-10-4-6-16(14-23)21-27-12-13-28-21/h2-3,7-8,16,21H,4-6,9-14H2,1H3. The van der Waals surface area contributed by atoms with Gasteiger partial charge in [-0.15, -0.1) is 0 Å². The molecule has 0 radical (unpaired) electrons. The summed E-state index contributed by atoms with van der Waals surface area (Å²) in [5.74, 6) is 1.08. The highest BCUT2D eigenvalue weighted by molar-refractivity contribution is 5.77. The van der Waals surface area contributed by atoms with Crippen molar-refractivity contribution >= 4 is 16.8 Å². The number of ether oxygens (including phenoxy) is 2. The summed E-state index contributed by atoms with van der Waals surface area (Å²) in [7, 11) is 0. The van der Waals surface area contributed by atoms with Gasteiger partial charge in [0, 0.05) is 32.0 Å². The molecule has 3 heterocycles. The predicted octanol–water partition coefficient (Wildman–Crippen LogP) is 2.10. The van der Waals surface area contributed by atoms with Gasteiger partial charge in [-0.3, -0.25) is 14.2 Å². The molecule has 2 aliphatic heterocycles. The second kappa shape index (κ2) is 8.41. The van der Waals surface area contributed by atoms with Gasteiger partial charge in [-0.2, -0.15) is 0 Å². The van der Waals surface area contributed by atoms with Gasteiger partial charge in [0.1, 0.15) is 5.82 Å². The fraction of sp³-hybridized carbons (Fsp3) is 0.571. The summed E-state index contributed by atoms with van der Waals surface area (Å²) in [6.07, 6.45) is 2.90. The minimum absolute atomic E-state index is 0.0379. The molecule has 2 aliphatic rings. The summed E-state index contributed by atoms with van der Waals surface area (Å²) in [6, 6.07) is 7.37. The molecule has 2 aromatic rings. The minimum atomic E-state index is -0.166. The fourth-order valence-corrected chi connectivity index (χ4v) is 4.20. The average molecular weight is 385 g/mol. The zero-order chi connectivity index (χ0) is 19.5.